The molecule has 12 aromatic rings. The van der Waals surface area contributed by atoms with E-state index in [0.29, 0.717) is 19.6 Å². The van der Waals surface area contributed by atoms with Crippen LogP contribution in [0.5, 0.6) is 0 Å². The molecule has 7 aliphatic rings. The second-order valence-electron chi connectivity index (χ2n) is 25.2. The van der Waals surface area contributed by atoms with Gasteiger partial charge < -0.3 is 33.3 Å². The van der Waals surface area contributed by atoms with Gasteiger partial charge in [-0.25, -0.2) is 9.98 Å². The highest BCUT2D eigenvalue weighted by atomic mass is 16.3. The second kappa shape index (κ2) is 22.0. The fourth-order valence-corrected chi connectivity index (χ4v) is 15.5. The van der Waals surface area contributed by atoms with Gasteiger partial charge in [-0.05, 0) is 128 Å². The van der Waals surface area contributed by atoms with Crippen molar-refractivity contribution < 1.29 is 8.83 Å². The van der Waals surface area contributed by atoms with E-state index in [0.717, 1.165) is 122 Å². The molecule has 0 N–H and O–H groups in total. The maximum atomic E-state index is 7.77. The van der Waals surface area contributed by atoms with Crippen molar-refractivity contribution in [3.8, 4) is 0 Å². The molecule has 0 saturated carbocycles. The summed E-state index contributed by atoms with van der Waals surface area (Å²) in [5.41, 5.74) is 17.9. The molecule has 0 spiro atoms. The fraction of sp³-hybridized carbons (Fsp3) is 0.0698. The molecule has 0 fully saturated rings. The van der Waals surface area contributed by atoms with E-state index in [1.807, 2.05) is 12.5 Å². The molecule has 452 valence electrons. The molecular weight excluding hydrogens is 1160 g/mol. The molecule has 0 amide bonds. The highest BCUT2D eigenvalue weighted by Crippen LogP contribution is 2.54. The maximum absolute atomic E-state index is 7.77. The number of rotatable bonds is 9. The van der Waals surface area contributed by atoms with E-state index in [1.165, 1.54) is 43.5 Å². The van der Waals surface area contributed by atoms with Gasteiger partial charge in [-0.1, -0.05) is 194 Å². The van der Waals surface area contributed by atoms with Crippen molar-refractivity contribution in [2.24, 2.45) is 9.98 Å². The first-order chi connectivity index (χ1) is 47.0. The molecular formula is C86H61N7O2. The van der Waals surface area contributed by atoms with E-state index in [4.69, 9.17) is 18.8 Å². The number of anilines is 5. The summed E-state index contributed by atoms with van der Waals surface area (Å²) in [6.07, 6.45) is 41.7. The maximum Gasteiger partial charge on any atom is 0.159 e. The van der Waals surface area contributed by atoms with Crippen LogP contribution in [0.25, 0.3) is 94.5 Å². The normalized spacial score (nSPS) is 17.9. The summed E-state index contributed by atoms with van der Waals surface area (Å²) in [5.74, 6) is 0. The topological polar surface area (TPSA) is 67.2 Å². The van der Waals surface area contributed by atoms with E-state index < -0.39 is 0 Å². The third kappa shape index (κ3) is 8.84. The Morgan fingerprint density at radius 2 is 1.19 bits per heavy atom. The van der Waals surface area contributed by atoms with Crippen molar-refractivity contribution in [3.63, 3.8) is 0 Å². The van der Waals surface area contributed by atoms with Crippen LogP contribution in [0.1, 0.15) is 23.6 Å². The zero-order chi connectivity index (χ0) is 62.7. The summed E-state index contributed by atoms with van der Waals surface area (Å²) >= 11 is 0. The lowest BCUT2D eigenvalue weighted by atomic mass is 9.84. The lowest BCUT2D eigenvalue weighted by molar-refractivity contribution is 0.668. The Kier molecular flexibility index (Phi) is 12.6. The van der Waals surface area contributed by atoms with Crippen molar-refractivity contribution in [1.29, 1.82) is 0 Å². The smallest absolute Gasteiger partial charge is 0.159 e. The number of hydrogen-bond acceptors (Lipinski definition) is 9. The summed E-state index contributed by atoms with van der Waals surface area (Å²) in [7, 11) is 0. The molecule has 95 heavy (non-hydrogen) atoms. The van der Waals surface area contributed by atoms with E-state index in [1.54, 1.807) is 0 Å². The minimum Gasteiger partial charge on any atom is -0.455 e. The molecule has 10 aromatic carbocycles. The molecule has 0 saturated heterocycles. The van der Waals surface area contributed by atoms with Gasteiger partial charge in [0.1, 0.15) is 16.7 Å². The van der Waals surface area contributed by atoms with Crippen LogP contribution in [0, 0.1) is 0 Å². The number of allylic oxidation sites excluding steroid dienone is 8. The number of para-hydroxylation sites is 1. The Balaban J connectivity index is 0.953. The van der Waals surface area contributed by atoms with Crippen molar-refractivity contribution in [2.45, 2.75) is 19.0 Å². The van der Waals surface area contributed by atoms with E-state index >= 15 is 0 Å². The van der Waals surface area contributed by atoms with Gasteiger partial charge in [0.05, 0.1) is 52.3 Å². The van der Waals surface area contributed by atoms with Crippen LogP contribution in [-0.2, 0) is 0 Å². The lowest BCUT2D eigenvalue weighted by Crippen LogP contribution is -2.45. The van der Waals surface area contributed by atoms with E-state index in [9.17, 15) is 0 Å². The van der Waals surface area contributed by atoms with E-state index in [-0.39, 0.29) is 12.1 Å². The molecule has 2 unspecified atom stereocenters. The van der Waals surface area contributed by atoms with Crippen LogP contribution >= 0.6 is 0 Å². The summed E-state index contributed by atoms with van der Waals surface area (Å²) < 4.78 is 15.4. The zero-order valence-corrected chi connectivity index (χ0v) is 52.1. The number of fused-ring (bicyclic) bond motifs is 15. The highest BCUT2D eigenvalue weighted by Gasteiger charge is 2.35. The first-order valence-electron chi connectivity index (χ1n) is 32.7. The first-order valence-corrected chi connectivity index (χ1v) is 32.7. The lowest BCUT2D eigenvalue weighted by Gasteiger charge is -2.36. The van der Waals surface area contributed by atoms with Gasteiger partial charge in [-0.2, -0.15) is 0 Å². The predicted molar refractivity (Wildman–Crippen MR) is 397 cm³/mol. The summed E-state index contributed by atoms with van der Waals surface area (Å²) in [6.45, 7) is 4.05. The molecule has 9 heteroatoms. The minimum absolute atomic E-state index is 0.00655. The standard InChI is InChI=1S/C86H61N7O2/c1-55-35-39-71-67(47-55)63-31-15-13-27-58(63)52-92(71)61-37-40-75-68(48-61)78-73(89-42-17-5-18-43-89)50-69-81(86(78)94-75)79-70(84(90-44-19-6-20-45-90)82(69)83(57-25-9-3-10-26-57)88-60-29-11-4-12-30-60)51-74(91-46-22-41-87-54-91)85-80(79)66-38-36-62(49-76(66)95-85)93-53-59-28-14-16-32-65(59)77-64(33-21-34-72(77)93)56-23-7-2-8-24-56/h2-42,44,47-54,71-72H,43,45-46H2,1H3/b88-83+. The van der Waals surface area contributed by atoms with Crippen LogP contribution < -0.4 is 45.4 Å². The minimum atomic E-state index is -0.0853. The molecule has 2 aromatic heterocycles. The average Bonchev–Trinajstić information content (AvgIpc) is 1.64. The third-order valence-corrected chi connectivity index (χ3v) is 19.7. The number of aliphatic imine (C=N–C) groups is 2. The number of benzene rings is 10. The van der Waals surface area contributed by atoms with Crippen LogP contribution in [0.3, 0.4) is 0 Å². The molecule has 2 atom stereocenters. The van der Waals surface area contributed by atoms with Crippen molar-refractivity contribution in [1.82, 2.24) is 0 Å². The predicted octanol–water partition coefficient (Wildman–Crippen LogP) is 16.8. The van der Waals surface area contributed by atoms with Crippen molar-refractivity contribution in [3.05, 3.63) is 329 Å². The largest absolute Gasteiger partial charge is 0.455 e. The van der Waals surface area contributed by atoms with Gasteiger partial charge in [0, 0.05) is 112 Å². The van der Waals surface area contributed by atoms with Crippen LogP contribution in [0.15, 0.2) is 310 Å². The zero-order valence-electron chi connectivity index (χ0n) is 52.1. The first kappa shape index (κ1) is 54.5. The SMILES string of the molecule is CC1=CC2=c3ccccc3=CN(c3ccc4oc5c(c(N6C=CC=CC6)cc6c(/C(=N/c7ccccc7)c7ccccc7)c(N7C=CC=CC7)c7cc(N8C=NC=CC8)c8oc9cc(N%10C=c%11ccccc%11=C%11C(c%12ccccc%12)=CC=CC%11%10)ccc9c8c7c65)c4c3)C2C=C1. The van der Waals surface area contributed by atoms with Gasteiger partial charge in [0.25, 0.3) is 0 Å². The Bertz CT molecular complexity index is 5930. The molecule has 0 bridgehead atoms. The average molecular weight is 1220 g/mol. The summed E-state index contributed by atoms with van der Waals surface area (Å²) in [5, 5.41) is 12.8. The number of furan rings is 2. The van der Waals surface area contributed by atoms with Gasteiger partial charge in [-0.3, -0.25) is 0 Å². The fourth-order valence-electron chi connectivity index (χ4n) is 15.5. The Hall–Kier alpha value is -12.2. The Morgan fingerprint density at radius 3 is 1.97 bits per heavy atom. The van der Waals surface area contributed by atoms with Crippen LogP contribution in [-0.4, -0.2) is 43.8 Å². The summed E-state index contributed by atoms with van der Waals surface area (Å²) in [4.78, 5) is 22.5. The molecule has 5 aliphatic heterocycles. The molecule has 9 nitrogen and oxygen atoms in total. The second-order valence-corrected chi connectivity index (χ2v) is 25.2. The van der Waals surface area contributed by atoms with Gasteiger partial charge >= 0.3 is 0 Å². The highest BCUT2D eigenvalue weighted by molar-refractivity contribution is 6.42. The third-order valence-electron chi connectivity index (χ3n) is 19.7. The summed E-state index contributed by atoms with van der Waals surface area (Å²) in [6, 6.07) is 67.7. The molecule has 0 radical (unpaired) electrons. The van der Waals surface area contributed by atoms with Crippen molar-refractivity contribution >= 4 is 141 Å². The molecule has 19 rings (SSSR count). The van der Waals surface area contributed by atoms with Gasteiger partial charge in [0.2, 0.25) is 0 Å². The monoisotopic (exact) mass is 1220 g/mol. The molecule has 2 aliphatic carbocycles. The van der Waals surface area contributed by atoms with E-state index in [2.05, 4.69) is 323 Å². The number of nitrogens with zero attached hydrogens (tertiary/aromatic N) is 7. The number of hydrogen-bond donors (Lipinski definition) is 0. The Morgan fingerprint density at radius 1 is 0.516 bits per heavy atom. The van der Waals surface area contributed by atoms with Gasteiger partial charge in [0.15, 0.2) is 5.58 Å². The Labute approximate surface area is 548 Å². The van der Waals surface area contributed by atoms with Crippen molar-refractivity contribution in [2.75, 3.05) is 44.1 Å². The van der Waals surface area contributed by atoms with Gasteiger partial charge in [-0.15, -0.1) is 0 Å². The van der Waals surface area contributed by atoms with Crippen LogP contribution in [0.4, 0.5) is 34.1 Å². The van der Waals surface area contributed by atoms with Crippen LogP contribution in [0.2, 0.25) is 0 Å². The quantitative estimate of drug-likeness (QED) is 0.105. The molecule has 7 heterocycles.